The molecule has 2 heterocycles. The van der Waals surface area contributed by atoms with Crippen molar-refractivity contribution in [2.75, 3.05) is 7.05 Å². The van der Waals surface area contributed by atoms with Gasteiger partial charge in [-0.25, -0.2) is 4.98 Å². The van der Waals surface area contributed by atoms with E-state index in [4.69, 9.17) is 0 Å². The number of hydrogen-bond donors (Lipinski definition) is 0. The van der Waals surface area contributed by atoms with E-state index in [0.29, 0.717) is 17.8 Å². The number of carbonyl (C=O) groups is 2. The van der Waals surface area contributed by atoms with Gasteiger partial charge in [-0.05, 0) is 23.9 Å². The first-order valence-electron chi connectivity index (χ1n) is 7.85. The van der Waals surface area contributed by atoms with E-state index in [1.807, 2.05) is 41.1 Å². The molecular formula is C19H18N2O2S2. The molecule has 0 unspecified atom stereocenters. The largest absolute Gasteiger partial charge is 0.340 e. The standard InChI is InChI=1S/C19H18N2O2S2/c1-13(22)17-8-14(11-24-17)9-18(23)21(2)10-16-12-25-19(20-16)15-6-4-3-5-7-15/h3-8,11-12H,9-10H2,1-2H3. The summed E-state index contributed by atoms with van der Waals surface area (Å²) < 4.78 is 0. The summed E-state index contributed by atoms with van der Waals surface area (Å²) in [5.74, 6) is 0.0510. The number of nitrogens with zero attached hydrogens (tertiary/aromatic N) is 2. The first-order chi connectivity index (χ1) is 12.0. The van der Waals surface area contributed by atoms with Gasteiger partial charge in [0.05, 0.1) is 23.5 Å². The molecule has 0 saturated heterocycles. The summed E-state index contributed by atoms with van der Waals surface area (Å²) in [5.41, 5.74) is 2.85. The van der Waals surface area contributed by atoms with Crippen molar-refractivity contribution in [1.29, 1.82) is 0 Å². The first kappa shape index (κ1) is 17.5. The monoisotopic (exact) mass is 370 g/mol. The highest BCUT2D eigenvalue weighted by molar-refractivity contribution is 7.13. The number of likely N-dealkylation sites (N-methyl/N-ethyl adjacent to an activating group) is 1. The fourth-order valence-corrected chi connectivity index (χ4v) is 4.02. The van der Waals surface area contributed by atoms with E-state index in [1.165, 1.54) is 18.3 Å². The van der Waals surface area contributed by atoms with Gasteiger partial charge < -0.3 is 4.90 Å². The van der Waals surface area contributed by atoms with Crippen LogP contribution in [0, 0.1) is 0 Å². The Hall–Kier alpha value is -2.31. The molecule has 0 aliphatic carbocycles. The van der Waals surface area contributed by atoms with E-state index in [9.17, 15) is 9.59 Å². The molecule has 0 fully saturated rings. The number of thiazole rings is 1. The van der Waals surface area contributed by atoms with Gasteiger partial charge in [-0.2, -0.15) is 0 Å². The predicted molar refractivity (Wildman–Crippen MR) is 102 cm³/mol. The van der Waals surface area contributed by atoms with Gasteiger partial charge in [-0.15, -0.1) is 22.7 Å². The van der Waals surface area contributed by atoms with Gasteiger partial charge in [0.2, 0.25) is 5.91 Å². The Morgan fingerprint density at radius 1 is 1.12 bits per heavy atom. The zero-order valence-electron chi connectivity index (χ0n) is 14.1. The second-order valence-corrected chi connectivity index (χ2v) is 7.58. The number of Topliss-reactive ketones (excluding diaryl/α,β-unsaturated/α-hetero) is 1. The third-order valence-corrected chi connectivity index (χ3v) is 5.77. The summed E-state index contributed by atoms with van der Waals surface area (Å²) in [5, 5.41) is 4.82. The highest BCUT2D eigenvalue weighted by Gasteiger charge is 2.14. The van der Waals surface area contributed by atoms with Crippen LogP contribution in [0.4, 0.5) is 0 Å². The first-order valence-corrected chi connectivity index (χ1v) is 9.61. The summed E-state index contributed by atoms with van der Waals surface area (Å²) in [7, 11) is 1.78. The number of aromatic nitrogens is 1. The van der Waals surface area contributed by atoms with Crippen molar-refractivity contribution in [3.63, 3.8) is 0 Å². The van der Waals surface area contributed by atoms with Crippen molar-refractivity contribution in [2.24, 2.45) is 0 Å². The van der Waals surface area contributed by atoms with Crippen LogP contribution >= 0.6 is 22.7 Å². The van der Waals surface area contributed by atoms with Crippen molar-refractivity contribution in [3.8, 4) is 10.6 Å². The Kier molecular flexibility index (Phi) is 5.40. The molecule has 0 atom stereocenters. The Labute approximate surface area is 154 Å². The number of ketones is 1. The summed E-state index contributed by atoms with van der Waals surface area (Å²) in [6.07, 6.45) is 0.302. The minimum atomic E-state index is 0.0159. The topological polar surface area (TPSA) is 50.3 Å². The quantitative estimate of drug-likeness (QED) is 0.609. The lowest BCUT2D eigenvalue weighted by atomic mass is 10.2. The van der Waals surface area contributed by atoms with Gasteiger partial charge >= 0.3 is 0 Å². The number of carbonyl (C=O) groups excluding carboxylic acids is 2. The molecule has 1 amide bonds. The Morgan fingerprint density at radius 2 is 1.88 bits per heavy atom. The summed E-state index contributed by atoms with van der Waals surface area (Å²) in [4.78, 5) is 30.7. The third-order valence-electron chi connectivity index (χ3n) is 3.75. The number of benzene rings is 1. The van der Waals surface area contributed by atoms with Gasteiger partial charge in [0.1, 0.15) is 5.01 Å². The van der Waals surface area contributed by atoms with Gasteiger partial charge in [0.15, 0.2) is 5.78 Å². The molecule has 0 N–H and O–H groups in total. The molecule has 3 rings (SSSR count). The van der Waals surface area contributed by atoms with Crippen molar-refractivity contribution in [1.82, 2.24) is 9.88 Å². The molecule has 128 valence electrons. The Morgan fingerprint density at radius 3 is 2.56 bits per heavy atom. The number of hydrogen-bond acceptors (Lipinski definition) is 5. The lowest BCUT2D eigenvalue weighted by Gasteiger charge is -2.15. The average Bonchev–Trinajstić information content (AvgIpc) is 3.25. The predicted octanol–water partition coefficient (Wildman–Crippen LogP) is 4.28. The maximum absolute atomic E-state index is 12.4. The molecule has 1 aromatic carbocycles. The van der Waals surface area contributed by atoms with Crippen LogP contribution in [0.25, 0.3) is 10.6 Å². The molecule has 2 aromatic heterocycles. The second-order valence-electron chi connectivity index (χ2n) is 5.81. The summed E-state index contributed by atoms with van der Waals surface area (Å²) >= 11 is 2.97. The zero-order chi connectivity index (χ0) is 17.8. The summed E-state index contributed by atoms with van der Waals surface area (Å²) in [6, 6.07) is 11.8. The van der Waals surface area contributed by atoms with Crippen LogP contribution in [-0.2, 0) is 17.8 Å². The Balaban J connectivity index is 1.61. The molecule has 0 bridgehead atoms. The van der Waals surface area contributed by atoms with E-state index < -0.39 is 0 Å². The number of rotatable bonds is 6. The summed E-state index contributed by atoms with van der Waals surface area (Å²) in [6.45, 7) is 2.02. The number of amides is 1. The van der Waals surface area contributed by atoms with Crippen LogP contribution in [0.5, 0.6) is 0 Å². The van der Waals surface area contributed by atoms with Crippen LogP contribution in [0.1, 0.15) is 27.9 Å². The van der Waals surface area contributed by atoms with E-state index in [1.54, 1.807) is 29.4 Å². The minimum absolute atomic E-state index is 0.0159. The highest BCUT2D eigenvalue weighted by Crippen LogP contribution is 2.24. The van der Waals surface area contributed by atoms with Crippen molar-refractivity contribution < 1.29 is 9.59 Å². The fraction of sp³-hybridized carbons (Fsp3) is 0.211. The molecule has 0 radical (unpaired) electrons. The highest BCUT2D eigenvalue weighted by atomic mass is 32.1. The van der Waals surface area contributed by atoms with Crippen LogP contribution < -0.4 is 0 Å². The maximum Gasteiger partial charge on any atom is 0.227 e. The zero-order valence-corrected chi connectivity index (χ0v) is 15.7. The van der Waals surface area contributed by atoms with Crippen LogP contribution in [0.15, 0.2) is 47.2 Å². The lowest BCUT2D eigenvalue weighted by Crippen LogP contribution is -2.27. The lowest BCUT2D eigenvalue weighted by molar-refractivity contribution is -0.129. The van der Waals surface area contributed by atoms with E-state index >= 15 is 0 Å². The van der Waals surface area contributed by atoms with Gasteiger partial charge in [-0.3, -0.25) is 9.59 Å². The smallest absolute Gasteiger partial charge is 0.227 e. The molecule has 4 nitrogen and oxygen atoms in total. The van der Waals surface area contributed by atoms with Crippen LogP contribution in [-0.4, -0.2) is 28.6 Å². The van der Waals surface area contributed by atoms with Crippen molar-refractivity contribution >= 4 is 34.4 Å². The van der Waals surface area contributed by atoms with Gasteiger partial charge in [0.25, 0.3) is 0 Å². The van der Waals surface area contributed by atoms with Crippen LogP contribution in [0.3, 0.4) is 0 Å². The van der Waals surface area contributed by atoms with Crippen molar-refractivity contribution in [3.05, 3.63) is 63.3 Å². The molecule has 0 spiro atoms. The molecule has 0 saturated carbocycles. The molecular weight excluding hydrogens is 352 g/mol. The van der Waals surface area contributed by atoms with Crippen LogP contribution in [0.2, 0.25) is 0 Å². The third kappa shape index (κ3) is 4.41. The second kappa shape index (κ2) is 7.72. The molecule has 0 aliphatic rings. The van der Waals surface area contributed by atoms with Gasteiger partial charge in [0, 0.05) is 18.0 Å². The van der Waals surface area contributed by atoms with Crippen molar-refractivity contribution in [2.45, 2.75) is 19.9 Å². The van der Waals surface area contributed by atoms with E-state index in [0.717, 1.165) is 21.8 Å². The fourth-order valence-electron chi connectivity index (χ4n) is 2.39. The Bertz CT molecular complexity index is 884. The normalized spacial score (nSPS) is 10.6. The molecule has 25 heavy (non-hydrogen) atoms. The maximum atomic E-state index is 12.4. The van der Waals surface area contributed by atoms with Gasteiger partial charge in [-0.1, -0.05) is 30.3 Å². The minimum Gasteiger partial charge on any atom is -0.340 e. The van der Waals surface area contributed by atoms with E-state index in [-0.39, 0.29) is 11.7 Å². The number of thiophene rings is 1. The SMILES string of the molecule is CC(=O)c1cc(CC(=O)N(C)Cc2csc(-c3ccccc3)n2)cs1. The average molecular weight is 370 g/mol. The molecule has 3 aromatic rings. The molecule has 0 aliphatic heterocycles. The van der Waals surface area contributed by atoms with E-state index in [2.05, 4.69) is 4.98 Å². The molecule has 6 heteroatoms.